The van der Waals surface area contributed by atoms with E-state index in [-0.39, 0.29) is 5.56 Å². The molecule has 2 aromatic rings. The first kappa shape index (κ1) is 13.0. The maximum absolute atomic E-state index is 12.3. The predicted octanol–water partition coefficient (Wildman–Crippen LogP) is 2.84. The van der Waals surface area contributed by atoms with Crippen LogP contribution in [0.25, 0.3) is 0 Å². The molecule has 0 radical (unpaired) electrons. The van der Waals surface area contributed by atoms with Gasteiger partial charge in [-0.3, -0.25) is 4.79 Å². The monoisotopic (exact) mass is 269 g/mol. The molecule has 0 saturated carbocycles. The van der Waals surface area contributed by atoms with Crippen molar-refractivity contribution in [1.82, 2.24) is 4.57 Å². The Hall–Kier alpha value is -2.03. The Labute approximate surface area is 118 Å². The fourth-order valence-electron chi connectivity index (χ4n) is 2.80. The van der Waals surface area contributed by atoms with Gasteiger partial charge in [-0.15, -0.1) is 0 Å². The van der Waals surface area contributed by atoms with Gasteiger partial charge in [0.05, 0.1) is 0 Å². The van der Waals surface area contributed by atoms with Gasteiger partial charge in [0.15, 0.2) is 5.75 Å². The molecule has 0 amide bonds. The number of aromatic nitrogens is 1. The fraction of sp³-hybridized carbons (Fsp3) is 0.353. The summed E-state index contributed by atoms with van der Waals surface area (Å²) in [4.78, 5) is 12.3. The first-order valence-electron chi connectivity index (χ1n) is 7.14. The van der Waals surface area contributed by atoms with Gasteiger partial charge in [-0.25, -0.2) is 0 Å². The topological polar surface area (TPSA) is 31.2 Å². The van der Waals surface area contributed by atoms with E-state index in [1.165, 1.54) is 24.1 Å². The minimum absolute atomic E-state index is 0.0263. The summed E-state index contributed by atoms with van der Waals surface area (Å²) in [5.41, 5.74) is 3.49. The summed E-state index contributed by atoms with van der Waals surface area (Å²) in [6.45, 7) is 0.439. The van der Waals surface area contributed by atoms with Crippen LogP contribution in [0, 0.1) is 0 Å². The molecule has 1 aliphatic carbocycles. The summed E-state index contributed by atoms with van der Waals surface area (Å²) < 4.78 is 7.50. The van der Waals surface area contributed by atoms with E-state index in [0.717, 1.165) is 18.4 Å². The van der Waals surface area contributed by atoms with E-state index >= 15 is 0 Å². The third kappa shape index (κ3) is 2.48. The Kier molecular flexibility index (Phi) is 3.59. The normalized spacial score (nSPS) is 13.8. The maximum Gasteiger partial charge on any atom is 0.292 e. The van der Waals surface area contributed by atoms with Crippen LogP contribution in [0.5, 0.6) is 5.75 Å². The molecule has 0 aliphatic heterocycles. The van der Waals surface area contributed by atoms with Gasteiger partial charge in [-0.2, -0.15) is 0 Å². The molecule has 0 atom stereocenters. The predicted molar refractivity (Wildman–Crippen MR) is 79.1 cm³/mol. The Morgan fingerprint density at radius 3 is 2.70 bits per heavy atom. The van der Waals surface area contributed by atoms with Crippen LogP contribution in [0.15, 0.2) is 41.2 Å². The van der Waals surface area contributed by atoms with Crippen molar-refractivity contribution in [2.75, 3.05) is 0 Å². The van der Waals surface area contributed by atoms with Crippen molar-refractivity contribution in [2.45, 2.75) is 32.3 Å². The van der Waals surface area contributed by atoms with E-state index < -0.39 is 0 Å². The minimum atomic E-state index is -0.0263. The minimum Gasteiger partial charge on any atom is -0.483 e. The van der Waals surface area contributed by atoms with E-state index in [2.05, 4.69) is 0 Å². The zero-order valence-corrected chi connectivity index (χ0v) is 11.8. The molecule has 0 N–H and O–H groups in total. The van der Waals surface area contributed by atoms with Crippen molar-refractivity contribution in [2.24, 2.45) is 7.05 Å². The highest BCUT2D eigenvalue weighted by atomic mass is 16.5. The van der Waals surface area contributed by atoms with Crippen molar-refractivity contribution >= 4 is 0 Å². The number of nitrogens with zero attached hydrogens (tertiary/aromatic N) is 1. The van der Waals surface area contributed by atoms with E-state index in [9.17, 15) is 4.79 Å². The Morgan fingerprint density at radius 1 is 1.15 bits per heavy atom. The van der Waals surface area contributed by atoms with Crippen LogP contribution in [0.1, 0.15) is 29.7 Å². The number of hydrogen-bond donors (Lipinski definition) is 0. The highest BCUT2D eigenvalue weighted by molar-refractivity contribution is 5.32. The number of aryl methyl sites for hydroxylation is 1. The average molecular weight is 269 g/mol. The van der Waals surface area contributed by atoms with Gasteiger partial charge in [0.25, 0.3) is 5.56 Å². The van der Waals surface area contributed by atoms with Crippen LogP contribution in [0.3, 0.4) is 0 Å². The molecule has 0 fully saturated rings. The molecule has 3 nitrogen and oxygen atoms in total. The van der Waals surface area contributed by atoms with Gasteiger partial charge in [0.2, 0.25) is 0 Å². The molecule has 3 heteroatoms. The van der Waals surface area contributed by atoms with Crippen LogP contribution in [-0.2, 0) is 26.5 Å². The van der Waals surface area contributed by atoms with E-state index in [0.29, 0.717) is 12.4 Å². The smallest absolute Gasteiger partial charge is 0.292 e. The summed E-state index contributed by atoms with van der Waals surface area (Å²) in [7, 11) is 1.85. The largest absolute Gasteiger partial charge is 0.483 e. The molecular weight excluding hydrogens is 250 g/mol. The molecule has 1 aromatic heterocycles. The standard InChI is InChI=1S/C17H19NO2/c1-18-15-10-6-5-9-14(15)11-16(17(18)19)20-12-13-7-3-2-4-8-13/h2-4,7-8,11H,5-6,9-10,12H2,1H3. The fourth-order valence-corrected chi connectivity index (χ4v) is 2.80. The van der Waals surface area contributed by atoms with E-state index in [1.807, 2.05) is 43.4 Å². The van der Waals surface area contributed by atoms with Gasteiger partial charge < -0.3 is 9.30 Å². The number of hydrogen-bond acceptors (Lipinski definition) is 2. The lowest BCUT2D eigenvalue weighted by Gasteiger charge is -2.20. The molecule has 0 unspecified atom stereocenters. The summed E-state index contributed by atoms with van der Waals surface area (Å²) in [5, 5.41) is 0. The molecule has 3 rings (SSSR count). The quantitative estimate of drug-likeness (QED) is 0.858. The molecule has 20 heavy (non-hydrogen) atoms. The number of benzene rings is 1. The van der Waals surface area contributed by atoms with Crippen molar-refractivity contribution in [3.8, 4) is 5.75 Å². The highest BCUT2D eigenvalue weighted by Gasteiger charge is 2.16. The van der Waals surface area contributed by atoms with E-state index in [1.54, 1.807) is 4.57 Å². The highest BCUT2D eigenvalue weighted by Crippen LogP contribution is 2.22. The number of pyridine rings is 1. The molecule has 1 heterocycles. The second-order valence-corrected chi connectivity index (χ2v) is 5.33. The van der Waals surface area contributed by atoms with Gasteiger partial charge in [-0.1, -0.05) is 30.3 Å². The zero-order chi connectivity index (χ0) is 13.9. The molecule has 1 aromatic carbocycles. The Bertz CT molecular complexity index is 659. The first-order chi connectivity index (χ1) is 9.75. The average Bonchev–Trinajstić information content (AvgIpc) is 2.50. The molecular formula is C17H19NO2. The number of ether oxygens (including phenoxy) is 1. The molecule has 104 valence electrons. The number of fused-ring (bicyclic) bond motifs is 1. The SMILES string of the molecule is Cn1c2c(cc(OCc3ccccc3)c1=O)CCCC2. The Morgan fingerprint density at radius 2 is 1.90 bits per heavy atom. The first-order valence-corrected chi connectivity index (χ1v) is 7.14. The van der Waals surface area contributed by atoms with Gasteiger partial charge in [-0.05, 0) is 42.9 Å². The number of rotatable bonds is 3. The van der Waals surface area contributed by atoms with Gasteiger partial charge in [0.1, 0.15) is 6.61 Å². The zero-order valence-electron chi connectivity index (χ0n) is 11.8. The van der Waals surface area contributed by atoms with Gasteiger partial charge in [0, 0.05) is 12.7 Å². The van der Waals surface area contributed by atoms with Crippen molar-refractivity contribution in [3.05, 3.63) is 63.6 Å². The van der Waals surface area contributed by atoms with Gasteiger partial charge >= 0.3 is 0 Å². The Balaban J connectivity index is 1.87. The second-order valence-electron chi connectivity index (χ2n) is 5.33. The summed E-state index contributed by atoms with van der Waals surface area (Å²) in [6, 6.07) is 11.9. The molecule has 0 saturated heterocycles. The lowest BCUT2D eigenvalue weighted by molar-refractivity contribution is 0.298. The summed E-state index contributed by atoms with van der Waals surface area (Å²) >= 11 is 0. The molecule has 1 aliphatic rings. The summed E-state index contributed by atoms with van der Waals surface area (Å²) in [6.07, 6.45) is 4.42. The van der Waals surface area contributed by atoms with Crippen molar-refractivity contribution in [3.63, 3.8) is 0 Å². The van der Waals surface area contributed by atoms with Crippen molar-refractivity contribution < 1.29 is 4.74 Å². The molecule has 0 bridgehead atoms. The van der Waals surface area contributed by atoms with Crippen LogP contribution in [-0.4, -0.2) is 4.57 Å². The summed E-state index contributed by atoms with van der Waals surface area (Å²) in [5.74, 6) is 0.469. The third-order valence-electron chi connectivity index (χ3n) is 3.94. The second kappa shape index (κ2) is 5.53. The lowest BCUT2D eigenvalue weighted by atomic mass is 9.95. The lowest BCUT2D eigenvalue weighted by Crippen LogP contribution is -2.25. The van der Waals surface area contributed by atoms with Crippen LogP contribution in [0.4, 0.5) is 0 Å². The molecule has 0 spiro atoms. The maximum atomic E-state index is 12.3. The van der Waals surface area contributed by atoms with Crippen LogP contribution in [0.2, 0.25) is 0 Å². The third-order valence-corrected chi connectivity index (χ3v) is 3.94. The van der Waals surface area contributed by atoms with Crippen LogP contribution < -0.4 is 10.3 Å². The van der Waals surface area contributed by atoms with Crippen molar-refractivity contribution in [1.29, 1.82) is 0 Å². The van der Waals surface area contributed by atoms with E-state index in [4.69, 9.17) is 4.74 Å². The van der Waals surface area contributed by atoms with Crippen LogP contribution >= 0.6 is 0 Å².